The summed E-state index contributed by atoms with van der Waals surface area (Å²) in [6, 6.07) is 20.7. The zero-order valence-corrected chi connectivity index (χ0v) is 22.1. The van der Waals surface area contributed by atoms with E-state index >= 15 is 0 Å². The van der Waals surface area contributed by atoms with Gasteiger partial charge in [-0.05, 0) is 73.6 Å². The molecule has 0 saturated carbocycles. The van der Waals surface area contributed by atoms with Crippen LogP contribution in [0.5, 0.6) is 11.5 Å². The van der Waals surface area contributed by atoms with Crippen molar-refractivity contribution in [2.75, 3.05) is 0 Å². The number of ether oxygens (including phenoxy) is 1. The molecule has 6 nitrogen and oxygen atoms in total. The van der Waals surface area contributed by atoms with E-state index in [9.17, 15) is 9.36 Å². The molecule has 3 aromatic carbocycles. The average Bonchev–Trinajstić information content (AvgIpc) is 2.81. The number of hydrogen-bond donors (Lipinski definition) is 1. The second-order valence-electron chi connectivity index (χ2n) is 9.16. The molecule has 186 valence electrons. The second-order valence-corrected chi connectivity index (χ2v) is 11.2. The van der Waals surface area contributed by atoms with Gasteiger partial charge >= 0.3 is 13.7 Å². The van der Waals surface area contributed by atoms with Gasteiger partial charge in [-0.3, -0.25) is 0 Å². The van der Waals surface area contributed by atoms with Crippen LogP contribution < -0.4 is 14.4 Å². The first-order valence-electron chi connectivity index (χ1n) is 11.7. The van der Waals surface area contributed by atoms with Crippen molar-refractivity contribution in [2.24, 2.45) is 5.92 Å². The molecular formula is C28H34NO5P. The van der Waals surface area contributed by atoms with Crippen LogP contribution in [0.3, 0.4) is 0 Å². The van der Waals surface area contributed by atoms with E-state index in [1.165, 1.54) is 0 Å². The van der Waals surface area contributed by atoms with Gasteiger partial charge in [-0.15, -0.1) is 0 Å². The molecule has 0 aliphatic carbocycles. The Morgan fingerprint density at radius 1 is 0.829 bits per heavy atom. The molecule has 0 aliphatic heterocycles. The van der Waals surface area contributed by atoms with E-state index in [2.05, 4.69) is 5.32 Å². The standard InChI is InChI=1S/C28H34NO5P/c1-19(2)27(29-28(30)32-18-24-10-8-7-9-11-24)35(31,33-25-16-20(3)12-14-22(25)5)34-26-17-21(4)13-15-23(26)6/h7-17,19,27H,18H2,1-6H3,(H,29,30). The Hall–Kier alpha value is -3.24. The Bertz CT molecular complexity index is 1150. The molecule has 3 rings (SSSR count). The van der Waals surface area contributed by atoms with Gasteiger partial charge in [-0.25, -0.2) is 9.36 Å². The van der Waals surface area contributed by atoms with Crippen molar-refractivity contribution in [3.63, 3.8) is 0 Å². The van der Waals surface area contributed by atoms with Gasteiger partial charge in [0.25, 0.3) is 0 Å². The van der Waals surface area contributed by atoms with Gasteiger partial charge in [0.15, 0.2) is 5.78 Å². The van der Waals surface area contributed by atoms with E-state index in [-0.39, 0.29) is 12.5 Å². The van der Waals surface area contributed by atoms with E-state index in [0.29, 0.717) is 11.5 Å². The van der Waals surface area contributed by atoms with E-state index in [4.69, 9.17) is 13.8 Å². The summed E-state index contributed by atoms with van der Waals surface area (Å²) in [5, 5.41) is 2.76. The van der Waals surface area contributed by atoms with Gasteiger partial charge in [-0.1, -0.05) is 68.4 Å². The summed E-state index contributed by atoms with van der Waals surface area (Å²) in [5.74, 6) is -0.335. The highest BCUT2D eigenvalue weighted by Gasteiger charge is 2.43. The lowest BCUT2D eigenvalue weighted by Gasteiger charge is -2.31. The minimum atomic E-state index is -3.98. The predicted octanol–water partition coefficient (Wildman–Crippen LogP) is 7.48. The highest BCUT2D eigenvalue weighted by molar-refractivity contribution is 7.55. The maximum atomic E-state index is 14.5. The minimum absolute atomic E-state index is 0.0947. The van der Waals surface area contributed by atoms with Crippen molar-refractivity contribution in [2.45, 2.75) is 53.9 Å². The van der Waals surface area contributed by atoms with Crippen LogP contribution in [-0.2, 0) is 15.9 Å². The Labute approximate surface area is 208 Å². The molecule has 35 heavy (non-hydrogen) atoms. The molecule has 1 atom stereocenters. The lowest BCUT2D eigenvalue weighted by atomic mass is 10.1. The quantitative estimate of drug-likeness (QED) is 0.312. The third kappa shape index (κ3) is 7.12. The Balaban J connectivity index is 1.93. The lowest BCUT2D eigenvalue weighted by Crippen LogP contribution is -2.41. The molecule has 0 saturated heterocycles. The Morgan fingerprint density at radius 3 is 1.83 bits per heavy atom. The smallest absolute Gasteiger partial charge is 0.445 e. The van der Waals surface area contributed by atoms with E-state index < -0.39 is 19.5 Å². The monoisotopic (exact) mass is 495 g/mol. The lowest BCUT2D eigenvalue weighted by molar-refractivity contribution is 0.135. The molecule has 3 aromatic rings. The number of aryl methyl sites for hydroxylation is 4. The minimum Gasteiger partial charge on any atom is -0.445 e. The molecule has 0 aliphatic rings. The molecular weight excluding hydrogens is 461 g/mol. The van der Waals surface area contributed by atoms with Crippen molar-refractivity contribution in [1.82, 2.24) is 5.32 Å². The predicted molar refractivity (Wildman–Crippen MR) is 139 cm³/mol. The SMILES string of the molecule is Cc1ccc(C)c(OP(=O)(Oc2cc(C)ccc2C)C(NC(=O)OCc2ccccc2)C(C)C)c1. The average molecular weight is 496 g/mol. The Kier molecular flexibility index (Phi) is 8.63. The molecule has 1 amide bonds. The summed E-state index contributed by atoms with van der Waals surface area (Å²) in [7, 11) is -3.98. The van der Waals surface area contributed by atoms with Crippen molar-refractivity contribution in [3.8, 4) is 11.5 Å². The first-order valence-corrected chi connectivity index (χ1v) is 13.3. The second kappa shape index (κ2) is 11.5. The zero-order chi connectivity index (χ0) is 25.6. The van der Waals surface area contributed by atoms with E-state index in [1.54, 1.807) is 0 Å². The van der Waals surface area contributed by atoms with Crippen molar-refractivity contribution >= 4 is 13.7 Å². The number of alkyl carbamates (subject to hydrolysis) is 1. The van der Waals surface area contributed by atoms with E-state index in [0.717, 1.165) is 27.8 Å². The highest BCUT2D eigenvalue weighted by atomic mass is 31.2. The fraction of sp³-hybridized carbons (Fsp3) is 0.321. The maximum absolute atomic E-state index is 14.5. The molecule has 0 fully saturated rings. The van der Waals surface area contributed by atoms with Gasteiger partial charge in [0.1, 0.15) is 18.1 Å². The molecule has 0 spiro atoms. The first-order chi connectivity index (χ1) is 16.6. The summed E-state index contributed by atoms with van der Waals surface area (Å²) in [5.41, 5.74) is 4.40. The van der Waals surface area contributed by atoms with Crippen molar-refractivity contribution < 1.29 is 23.1 Å². The number of carbonyl (C=O) groups excluding carboxylic acids is 1. The van der Waals surface area contributed by atoms with Crippen LogP contribution in [0, 0.1) is 33.6 Å². The fourth-order valence-electron chi connectivity index (χ4n) is 3.51. The van der Waals surface area contributed by atoms with Crippen LogP contribution in [0.25, 0.3) is 0 Å². The molecule has 0 radical (unpaired) electrons. The zero-order valence-electron chi connectivity index (χ0n) is 21.2. The highest BCUT2D eigenvalue weighted by Crippen LogP contribution is 2.55. The Morgan fingerprint density at radius 2 is 1.34 bits per heavy atom. The van der Waals surface area contributed by atoms with Gasteiger partial charge in [0.05, 0.1) is 0 Å². The third-order valence-electron chi connectivity index (χ3n) is 5.59. The van der Waals surface area contributed by atoms with Crippen LogP contribution in [0.15, 0.2) is 66.7 Å². The molecule has 7 heteroatoms. The third-order valence-corrected chi connectivity index (χ3v) is 7.90. The largest absolute Gasteiger partial charge is 0.453 e. The summed E-state index contributed by atoms with van der Waals surface area (Å²) < 4.78 is 32.2. The topological polar surface area (TPSA) is 73.9 Å². The maximum Gasteiger partial charge on any atom is 0.453 e. The molecule has 1 unspecified atom stereocenters. The fourth-order valence-corrected chi connectivity index (χ4v) is 5.71. The first kappa shape index (κ1) is 26.4. The summed E-state index contributed by atoms with van der Waals surface area (Å²) in [6.45, 7) is 11.4. The summed E-state index contributed by atoms with van der Waals surface area (Å²) in [4.78, 5) is 12.8. The number of rotatable bonds is 9. The summed E-state index contributed by atoms with van der Waals surface area (Å²) in [6.07, 6.45) is -0.693. The van der Waals surface area contributed by atoms with Crippen LogP contribution >= 0.6 is 7.60 Å². The number of benzene rings is 3. The van der Waals surface area contributed by atoms with E-state index in [1.807, 2.05) is 108 Å². The number of carbonyl (C=O) groups is 1. The molecule has 0 bridgehead atoms. The van der Waals surface area contributed by atoms with Crippen LogP contribution in [0.4, 0.5) is 4.79 Å². The van der Waals surface area contributed by atoms with Crippen molar-refractivity contribution in [1.29, 1.82) is 0 Å². The van der Waals surface area contributed by atoms with Gasteiger partial charge in [0.2, 0.25) is 0 Å². The molecule has 1 N–H and O–H groups in total. The normalized spacial score (nSPS) is 12.2. The molecule has 0 heterocycles. The number of amides is 1. The van der Waals surface area contributed by atoms with Crippen LogP contribution in [0.1, 0.15) is 41.7 Å². The summed E-state index contributed by atoms with van der Waals surface area (Å²) >= 11 is 0. The van der Waals surface area contributed by atoms with Crippen molar-refractivity contribution in [3.05, 3.63) is 94.5 Å². The van der Waals surface area contributed by atoms with Gasteiger partial charge < -0.3 is 19.1 Å². The number of hydrogen-bond acceptors (Lipinski definition) is 5. The van der Waals surface area contributed by atoms with Crippen LogP contribution in [0.2, 0.25) is 0 Å². The number of nitrogens with one attached hydrogen (secondary N) is 1. The van der Waals surface area contributed by atoms with Gasteiger partial charge in [-0.2, -0.15) is 0 Å². The molecule has 0 aromatic heterocycles. The van der Waals surface area contributed by atoms with Gasteiger partial charge in [0, 0.05) is 0 Å². The van der Waals surface area contributed by atoms with Crippen LogP contribution in [-0.4, -0.2) is 11.9 Å².